The molecular formula is C23H30ClN5O5. The Morgan fingerprint density at radius 3 is 2.56 bits per heavy atom. The molecule has 3 rings (SSSR count). The lowest BCUT2D eigenvalue weighted by Gasteiger charge is -2.33. The Kier molecular flexibility index (Phi) is 8.03. The van der Waals surface area contributed by atoms with E-state index in [9.17, 15) is 19.2 Å². The molecule has 0 bridgehead atoms. The maximum absolute atomic E-state index is 13.2. The fourth-order valence-electron chi connectivity index (χ4n) is 4.17. The van der Waals surface area contributed by atoms with Crippen LogP contribution in [0.2, 0.25) is 5.02 Å². The Bertz CT molecular complexity index is 1180. The lowest BCUT2D eigenvalue weighted by molar-refractivity contribution is -0.123. The Morgan fingerprint density at radius 2 is 1.94 bits per heavy atom. The number of H-pyrrole nitrogens is 1. The number of hydrogen-bond acceptors (Lipinski definition) is 6. The quantitative estimate of drug-likeness (QED) is 0.609. The van der Waals surface area contributed by atoms with Gasteiger partial charge in [-0.25, -0.2) is 4.79 Å². The molecule has 10 nitrogen and oxygen atoms in total. The standard InChI is InChI=1S/C23H30ClN5O5/c1-4-5-10-29-19(25)18(20(30)26-23(29)33)27(2)21(31)14-8-11-28(12-9-14)22(32)16-13-15(24)6-7-17(16)34-3/h6-7,13-14H,4-5,8-12,25H2,1-3H3,(H,26,30,33). The molecule has 0 radical (unpaired) electrons. The number of anilines is 2. The van der Waals surface area contributed by atoms with E-state index < -0.39 is 17.2 Å². The SMILES string of the molecule is CCCCn1c(N)c(N(C)C(=O)C2CCN(C(=O)c3cc(Cl)ccc3OC)CC2)c(=O)[nH]c1=O. The molecule has 2 amide bonds. The van der Waals surface area contributed by atoms with Gasteiger partial charge in [0.2, 0.25) is 5.91 Å². The van der Waals surface area contributed by atoms with Gasteiger partial charge in [0.05, 0.1) is 12.7 Å². The predicted molar refractivity (Wildman–Crippen MR) is 131 cm³/mol. The number of aromatic amines is 1. The van der Waals surface area contributed by atoms with Crippen LogP contribution in [-0.2, 0) is 11.3 Å². The first kappa shape index (κ1) is 25.4. The number of carbonyl (C=O) groups excluding carboxylic acids is 2. The first-order valence-corrected chi connectivity index (χ1v) is 11.6. The highest BCUT2D eigenvalue weighted by molar-refractivity contribution is 6.31. The van der Waals surface area contributed by atoms with Gasteiger partial charge in [0.1, 0.15) is 11.6 Å². The van der Waals surface area contributed by atoms with Gasteiger partial charge in [0.15, 0.2) is 5.69 Å². The Balaban J connectivity index is 1.74. The van der Waals surface area contributed by atoms with Crippen LogP contribution in [-0.4, -0.2) is 53.5 Å². The maximum Gasteiger partial charge on any atom is 0.330 e. The third kappa shape index (κ3) is 5.11. The number of hydrogen-bond donors (Lipinski definition) is 2. The second-order valence-corrected chi connectivity index (χ2v) is 8.74. The van der Waals surface area contributed by atoms with Gasteiger partial charge in [-0.15, -0.1) is 0 Å². The van der Waals surface area contributed by atoms with Gasteiger partial charge < -0.3 is 20.3 Å². The molecule has 34 heavy (non-hydrogen) atoms. The van der Waals surface area contributed by atoms with Crippen molar-refractivity contribution in [3.8, 4) is 5.75 Å². The molecule has 0 spiro atoms. The van der Waals surface area contributed by atoms with E-state index in [1.807, 2.05) is 6.92 Å². The van der Waals surface area contributed by atoms with E-state index in [-0.39, 0.29) is 23.3 Å². The number of likely N-dealkylation sites (tertiary alicyclic amines) is 1. The van der Waals surface area contributed by atoms with Gasteiger partial charge in [-0.2, -0.15) is 0 Å². The second-order valence-electron chi connectivity index (χ2n) is 8.31. The zero-order chi connectivity index (χ0) is 25.0. The highest BCUT2D eigenvalue weighted by Crippen LogP contribution is 2.28. The van der Waals surface area contributed by atoms with Crippen LogP contribution in [0.15, 0.2) is 27.8 Å². The van der Waals surface area contributed by atoms with E-state index in [0.717, 1.165) is 6.42 Å². The largest absolute Gasteiger partial charge is 0.496 e. The lowest BCUT2D eigenvalue weighted by Crippen LogP contribution is -2.45. The number of rotatable bonds is 7. The Morgan fingerprint density at radius 1 is 1.26 bits per heavy atom. The molecule has 2 aromatic rings. The number of methoxy groups -OCH3 is 1. The van der Waals surface area contributed by atoms with Crippen molar-refractivity contribution >= 4 is 34.9 Å². The number of nitrogens with one attached hydrogen (secondary N) is 1. The normalized spacial score (nSPS) is 14.2. The number of halogens is 1. The number of amides is 2. The summed E-state index contributed by atoms with van der Waals surface area (Å²) in [6.07, 6.45) is 2.39. The summed E-state index contributed by atoms with van der Waals surface area (Å²) in [4.78, 5) is 56.0. The molecule has 0 unspecified atom stereocenters. The number of benzene rings is 1. The van der Waals surface area contributed by atoms with Gasteiger partial charge in [-0.05, 0) is 37.5 Å². The van der Waals surface area contributed by atoms with Crippen LogP contribution in [0.5, 0.6) is 5.75 Å². The summed E-state index contributed by atoms with van der Waals surface area (Å²) in [6, 6.07) is 4.86. The topological polar surface area (TPSA) is 131 Å². The molecule has 1 aliphatic rings. The van der Waals surface area contributed by atoms with E-state index in [4.69, 9.17) is 22.1 Å². The summed E-state index contributed by atoms with van der Waals surface area (Å²) in [7, 11) is 2.96. The summed E-state index contributed by atoms with van der Waals surface area (Å²) in [5.41, 5.74) is 5.16. The zero-order valence-electron chi connectivity index (χ0n) is 19.6. The number of piperidine rings is 1. The van der Waals surface area contributed by atoms with Crippen molar-refractivity contribution in [2.45, 2.75) is 39.2 Å². The van der Waals surface area contributed by atoms with E-state index in [2.05, 4.69) is 4.98 Å². The smallest absolute Gasteiger partial charge is 0.330 e. The van der Waals surface area contributed by atoms with Crippen molar-refractivity contribution in [1.29, 1.82) is 0 Å². The van der Waals surface area contributed by atoms with Gasteiger partial charge in [-0.1, -0.05) is 24.9 Å². The first-order chi connectivity index (χ1) is 16.2. The molecule has 1 aromatic carbocycles. The molecule has 0 atom stereocenters. The fourth-order valence-corrected chi connectivity index (χ4v) is 4.34. The van der Waals surface area contributed by atoms with Crippen molar-refractivity contribution in [3.63, 3.8) is 0 Å². The molecule has 3 N–H and O–H groups in total. The van der Waals surface area contributed by atoms with Crippen molar-refractivity contribution in [1.82, 2.24) is 14.5 Å². The van der Waals surface area contributed by atoms with Crippen molar-refractivity contribution in [2.75, 3.05) is 37.9 Å². The number of ether oxygens (including phenoxy) is 1. The second kappa shape index (κ2) is 10.8. The van der Waals surface area contributed by atoms with Gasteiger partial charge in [0, 0.05) is 37.6 Å². The Hall–Kier alpha value is -3.27. The van der Waals surface area contributed by atoms with Crippen LogP contribution >= 0.6 is 11.6 Å². The molecule has 1 aromatic heterocycles. The molecule has 1 fully saturated rings. The highest BCUT2D eigenvalue weighted by Gasteiger charge is 2.32. The summed E-state index contributed by atoms with van der Waals surface area (Å²) in [5, 5.41) is 0.430. The van der Waals surface area contributed by atoms with Gasteiger partial charge in [-0.3, -0.25) is 23.9 Å². The molecule has 11 heteroatoms. The van der Waals surface area contributed by atoms with E-state index in [0.29, 0.717) is 55.2 Å². The number of aromatic nitrogens is 2. The average Bonchev–Trinajstić information content (AvgIpc) is 2.82. The van der Waals surface area contributed by atoms with E-state index >= 15 is 0 Å². The van der Waals surface area contributed by atoms with Crippen molar-refractivity contribution < 1.29 is 14.3 Å². The first-order valence-electron chi connectivity index (χ1n) is 11.2. The molecule has 1 saturated heterocycles. The summed E-state index contributed by atoms with van der Waals surface area (Å²) in [6.45, 7) is 3.05. The maximum atomic E-state index is 13.2. The summed E-state index contributed by atoms with van der Waals surface area (Å²) < 4.78 is 6.56. The van der Waals surface area contributed by atoms with Crippen LogP contribution < -0.4 is 26.6 Å². The molecule has 0 saturated carbocycles. The summed E-state index contributed by atoms with van der Waals surface area (Å²) in [5.74, 6) is -0.503. The molecule has 2 heterocycles. The molecular weight excluding hydrogens is 462 g/mol. The van der Waals surface area contributed by atoms with Crippen molar-refractivity contribution in [3.05, 3.63) is 49.6 Å². The van der Waals surface area contributed by atoms with E-state index in [1.165, 1.54) is 23.6 Å². The molecule has 184 valence electrons. The fraction of sp³-hybridized carbons (Fsp3) is 0.478. The predicted octanol–water partition coefficient (Wildman–Crippen LogP) is 2.10. The monoisotopic (exact) mass is 491 g/mol. The average molecular weight is 492 g/mol. The zero-order valence-corrected chi connectivity index (χ0v) is 20.4. The summed E-state index contributed by atoms with van der Waals surface area (Å²) >= 11 is 6.05. The van der Waals surface area contributed by atoms with Crippen molar-refractivity contribution in [2.24, 2.45) is 5.92 Å². The van der Waals surface area contributed by atoms with E-state index in [1.54, 1.807) is 23.1 Å². The highest BCUT2D eigenvalue weighted by atomic mass is 35.5. The minimum Gasteiger partial charge on any atom is -0.496 e. The molecule has 1 aliphatic heterocycles. The number of nitrogen functional groups attached to an aromatic ring is 1. The number of nitrogens with zero attached hydrogens (tertiary/aromatic N) is 3. The van der Waals surface area contributed by atoms with Crippen LogP contribution in [0.4, 0.5) is 11.5 Å². The van der Waals surface area contributed by atoms with Gasteiger partial charge >= 0.3 is 5.69 Å². The third-order valence-corrected chi connectivity index (χ3v) is 6.37. The molecule has 0 aliphatic carbocycles. The van der Waals surface area contributed by atoms with Crippen LogP contribution in [0.1, 0.15) is 43.0 Å². The number of unbranched alkanes of at least 4 members (excludes halogenated alkanes) is 1. The van der Waals surface area contributed by atoms with Crippen LogP contribution in [0, 0.1) is 5.92 Å². The third-order valence-electron chi connectivity index (χ3n) is 6.14. The number of carbonyl (C=O) groups is 2. The van der Waals surface area contributed by atoms with Gasteiger partial charge in [0.25, 0.3) is 11.5 Å². The van der Waals surface area contributed by atoms with Crippen LogP contribution in [0.25, 0.3) is 0 Å². The lowest BCUT2D eigenvalue weighted by atomic mass is 9.94. The minimum absolute atomic E-state index is 0.0290. The number of nitrogens with two attached hydrogens (primary N) is 1. The van der Waals surface area contributed by atoms with Crippen LogP contribution in [0.3, 0.4) is 0 Å². The minimum atomic E-state index is -0.702. The Labute approximate surface area is 202 Å².